The van der Waals surface area contributed by atoms with E-state index in [1.54, 1.807) is 54.6 Å². The molecule has 3 aromatic heterocycles. The number of carbonyl (C=O) groups excluding carboxylic acids is 2. The minimum Gasteiger partial charge on any atom is -0.484 e. The first kappa shape index (κ1) is 26.8. The molecule has 0 radical (unpaired) electrons. The number of ether oxygens (including phenoxy) is 1. The second-order valence-electron chi connectivity index (χ2n) is 8.20. The number of benzene rings is 2. The van der Waals surface area contributed by atoms with E-state index in [2.05, 4.69) is 26.2 Å². The van der Waals surface area contributed by atoms with Crippen LogP contribution in [-0.2, 0) is 6.61 Å². The number of furan rings is 1. The van der Waals surface area contributed by atoms with Crippen molar-refractivity contribution >= 4 is 66.6 Å². The fraction of sp³-hybridized carbons (Fsp3) is 0.0741. The number of carbonyl (C=O) groups is 2. The maximum Gasteiger partial charge on any atom is 0.291 e. The van der Waals surface area contributed by atoms with E-state index < -0.39 is 23.9 Å². The lowest BCUT2D eigenvalue weighted by Gasteiger charge is -2.10. The second kappa shape index (κ2) is 11.1. The maximum absolute atomic E-state index is 13.7. The van der Waals surface area contributed by atoms with Gasteiger partial charge in [-0.2, -0.15) is 0 Å². The third-order valence-corrected chi connectivity index (χ3v) is 7.49. The van der Waals surface area contributed by atoms with Gasteiger partial charge in [0.1, 0.15) is 33.5 Å². The fourth-order valence-electron chi connectivity index (χ4n) is 3.86. The molecule has 0 saturated heterocycles. The van der Waals surface area contributed by atoms with Crippen LogP contribution < -0.4 is 15.8 Å². The molecule has 3 N–H and O–H groups in total. The zero-order valence-electron chi connectivity index (χ0n) is 19.7. The lowest BCUT2D eigenvalue weighted by molar-refractivity contribution is 0.0992. The largest absolute Gasteiger partial charge is 0.484 e. The van der Waals surface area contributed by atoms with E-state index >= 15 is 0 Å². The number of hydrogen-bond acceptors (Lipinski definition) is 6. The molecular weight excluding hydrogens is 616 g/mol. The van der Waals surface area contributed by atoms with E-state index in [1.165, 1.54) is 12.1 Å². The highest BCUT2D eigenvalue weighted by Gasteiger charge is 2.26. The van der Waals surface area contributed by atoms with Crippen molar-refractivity contribution in [2.75, 3.05) is 5.32 Å². The summed E-state index contributed by atoms with van der Waals surface area (Å²) in [5.74, 6) is -0.809. The van der Waals surface area contributed by atoms with E-state index in [1.807, 2.05) is 0 Å². The molecule has 0 atom stereocenters. The van der Waals surface area contributed by atoms with Crippen LogP contribution in [0, 0.1) is 0 Å². The smallest absolute Gasteiger partial charge is 0.291 e. The molecule has 3 heterocycles. The van der Waals surface area contributed by atoms with Gasteiger partial charge >= 0.3 is 0 Å². The van der Waals surface area contributed by atoms with E-state index in [9.17, 15) is 18.4 Å². The van der Waals surface area contributed by atoms with Crippen LogP contribution >= 0.6 is 38.9 Å². The molecule has 0 bridgehead atoms. The zero-order chi connectivity index (χ0) is 27.7. The monoisotopic (exact) mass is 631 g/mol. The SMILES string of the molecule is NC(=O)c1sc2nc(C(F)F)cc(-c3ccccc3)c2c1NC(=O)c1ccc(COc2ccc(Br)cc2Cl)o1. The van der Waals surface area contributed by atoms with Crippen molar-refractivity contribution in [3.8, 4) is 16.9 Å². The van der Waals surface area contributed by atoms with Crippen LogP contribution in [0.5, 0.6) is 5.75 Å². The molecule has 39 heavy (non-hydrogen) atoms. The van der Waals surface area contributed by atoms with Gasteiger partial charge in [-0.1, -0.05) is 57.9 Å². The Kier molecular flexibility index (Phi) is 7.65. The fourth-order valence-corrected chi connectivity index (χ4v) is 5.60. The summed E-state index contributed by atoms with van der Waals surface area (Å²) in [5, 5.41) is 3.39. The van der Waals surface area contributed by atoms with Crippen LogP contribution in [0.1, 0.15) is 38.1 Å². The Morgan fingerprint density at radius 1 is 1.13 bits per heavy atom. The molecule has 2 aromatic carbocycles. The number of aromatic nitrogens is 1. The number of hydrogen-bond donors (Lipinski definition) is 2. The quantitative estimate of drug-likeness (QED) is 0.181. The average Bonchev–Trinajstić information content (AvgIpc) is 3.53. The Hall–Kier alpha value is -3.80. The number of nitrogens with one attached hydrogen (secondary N) is 1. The highest BCUT2D eigenvalue weighted by molar-refractivity contribution is 9.10. The minimum absolute atomic E-state index is 0.00102. The van der Waals surface area contributed by atoms with Gasteiger partial charge < -0.3 is 20.2 Å². The van der Waals surface area contributed by atoms with Crippen LogP contribution in [-0.4, -0.2) is 16.8 Å². The minimum atomic E-state index is -2.84. The zero-order valence-corrected chi connectivity index (χ0v) is 22.9. The molecule has 0 aliphatic rings. The number of rotatable bonds is 8. The first-order chi connectivity index (χ1) is 18.7. The van der Waals surface area contributed by atoms with Gasteiger partial charge in [0.2, 0.25) is 0 Å². The van der Waals surface area contributed by atoms with Gasteiger partial charge in [0.25, 0.3) is 18.2 Å². The summed E-state index contributed by atoms with van der Waals surface area (Å²) in [7, 11) is 0. The number of nitrogens with two attached hydrogens (primary N) is 1. The van der Waals surface area contributed by atoms with Crippen molar-refractivity contribution in [2.45, 2.75) is 13.0 Å². The van der Waals surface area contributed by atoms with Gasteiger partial charge in [-0.25, -0.2) is 13.8 Å². The van der Waals surface area contributed by atoms with E-state index in [4.69, 9.17) is 26.5 Å². The summed E-state index contributed by atoms with van der Waals surface area (Å²) in [6.07, 6.45) is -2.84. The van der Waals surface area contributed by atoms with Gasteiger partial charge in [-0.05, 0) is 47.5 Å². The number of anilines is 1. The summed E-state index contributed by atoms with van der Waals surface area (Å²) in [6, 6.07) is 18.1. The number of pyridine rings is 1. The average molecular weight is 633 g/mol. The van der Waals surface area contributed by atoms with Crippen molar-refractivity contribution in [1.82, 2.24) is 4.98 Å². The normalized spacial score (nSPS) is 11.2. The van der Waals surface area contributed by atoms with Crippen molar-refractivity contribution in [3.05, 3.63) is 98.3 Å². The molecule has 0 fully saturated rings. The molecule has 12 heteroatoms. The van der Waals surface area contributed by atoms with Crippen LogP contribution in [0.3, 0.4) is 0 Å². The maximum atomic E-state index is 13.7. The second-order valence-corrected chi connectivity index (χ2v) is 10.5. The third kappa shape index (κ3) is 5.65. The van der Waals surface area contributed by atoms with Gasteiger partial charge in [0, 0.05) is 9.86 Å². The highest BCUT2D eigenvalue weighted by atomic mass is 79.9. The summed E-state index contributed by atoms with van der Waals surface area (Å²) < 4.78 is 39.4. The Labute approximate surface area is 237 Å². The van der Waals surface area contributed by atoms with Gasteiger partial charge in [0.05, 0.1) is 10.7 Å². The molecule has 0 aliphatic heterocycles. The molecule has 2 amide bonds. The molecular formula is C27H17BrClF2N3O4S. The van der Waals surface area contributed by atoms with Gasteiger partial charge in [-0.15, -0.1) is 11.3 Å². The third-order valence-electron chi connectivity index (χ3n) is 5.60. The summed E-state index contributed by atoms with van der Waals surface area (Å²) in [5.41, 5.74) is 6.16. The van der Waals surface area contributed by atoms with E-state index in [-0.39, 0.29) is 27.8 Å². The number of nitrogens with zero attached hydrogens (tertiary/aromatic N) is 1. The number of primary amides is 1. The molecule has 0 aliphatic carbocycles. The topological polar surface area (TPSA) is 107 Å². The standard InChI is InChI=1S/C27H17BrClF2N3O4S/c28-14-6-8-19(17(29)10-14)37-12-15-7-9-20(38-15)26(36)34-22-21-16(13-4-2-1-3-5-13)11-18(24(30)31)33-27(21)39-23(22)25(32)35/h1-11,24H,12H2,(H2,32,35)(H,34,36). The van der Waals surface area contributed by atoms with Crippen molar-refractivity contribution in [2.24, 2.45) is 5.73 Å². The first-order valence-electron chi connectivity index (χ1n) is 11.3. The Morgan fingerprint density at radius 2 is 1.90 bits per heavy atom. The Morgan fingerprint density at radius 3 is 2.59 bits per heavy atom. The Bertz CT molecular complexity index is 1710. The molecule has 7 nitrogen and oxygen atoms in total. The predicted octanol–water partition coefficient (Wildman–Crippen LogP) is 7.84. The number of fused-ring (bicyclic) bond motifs is 1. The van der Waals surface area contributed by atoms with Crippen LogP contribution in [0.15, 0.2) is 75.6 Å². The lowest BCUT2D eigenvalue weighted by Crippen LogP contribution is -2.16. The molecule has 5 rings (SSSR count). The van der Waals surface area contributed by atoms with Gasteiger partial charge in [0.15, 0.2) is 5.76 Å². The molecule has 0 spiro atoms. The molecule has 0 saturated carbocycles. The number of thiophene rings is 1. The molecule has 5 aromatic rings. The first-order valence-corrected chi connectivity index (χ1v) is 13.3. The summed E-state index contributed by atoms with van der Waals surface area (Å²) in [6.45, 7) is 0.00102. The molecule has 198 valence electrons. The summed E-state index contributed by atoms with van der Waals surface area (Å²) in [4.78, 5) is 29.6. The highest BCUT2D eigenvalue weighted by Crippen LogP contribution is 2.42. The number of halogens is 4. The number of amides is 2. The van der Waals surface area contributed by atoms with Crippen LogP contribution in [0.4, 0.5) is 14.5 Å². The number of alkyl halides is 2. The van der Waals surface area contributed by atoms with Crippen molar-refractivity contribution in [3.63, 3.8) is 0 Å². The Balaban J connectivity index is 1.48. The lowest BCUT2D eigenvalue weighted by atomic mass is 10.0. The van der Waals surface area contributed by atoms with Crippen molar-refractivity contribution in [1.29, 1.82) is 0 Å². The summed E-state index contributed by atoms with van der Waals surface area (Å²) >= 11 is 10.3. The van der Waals surface area contributed by atoms with Crippen molar-refractivity contribution < 1.29 is 27.5 Å². The van der Waals surface area contributed by atoms with Crippen LogP contribution in [0.2, 0.25) is 5.02 Å². The molecule has 0 unspecified atom stereocenters. The van der Waals surface area contributed by atoms with Crippen LogP contribution in [0.25, 0.3) is 21.3 Å². The predicted molar refractivity (Wildman–Crippen MR) is 149 cm³/mol. The van der Waals surface area contributed by atoms with E-state index in [0.717, 1.165) is 15.8 Å². The van der Waals surface area contributed by atoms with Gasteiger partial charge in [-0.3, -0.25) is 9.59 Å². The van der Waals surface area contributed by atoms with E-state index in [0.29, 0.717) is 33.0 Å².